The summed E-state index contributed by atoms with van der Waals surface area (Å²) in [5.74, 6) is 1.04. The van der Waals surface area contributed by atoms with Crippen molar-refractivity contribution < 1.29 is 0 Å². The van der Waals surface area contributed by atoms with Gasteiger partial charge in [0.05, 0.1) is 11.4 Å². The molecule has 0 amide bonds. The summed E-state index contributed by atoms with van der Waals surface area (Å²) in [5.41, 5.74) is 2.01. The second kappa shape index (κ2) is 5.65. The van der Waals surface area contributed by atoms with E-state index >= 15 is 0 Å². The summed E-state index contributed by atoms with van der Waals surface area (Å²) in [6, 6.07) is 1.04. The summed E-state index contributed by atoms with van der Waals surface area (Å²) in [7, 11) is 0. The minimum atomic E-state index is 0.446. The molecular formula is C14H24N4. The molecule has 1 aromatic heterocycles. The largest absolute Gasteiger partial charge is 0.351 e. The predicted octanol–water partition coefficient (Wildman–Crippen LogP) is 2.06. The molecule has 1 aliphatic heterocycles. The maximum atomic E-state index is 4.67. The Morgan fingerprint density at radius 3 is 2.83 bits per heavy atom. The number of aryl methyl sites for hydroxylation is 2. The molecule has 1 N–H and O–H groups in total. The third-order valence-corrected chi connectivity index (χ3v) is 3.53. The summed E-state index contributed by atoms with van der Waals surface area (Å²) in [5, 5.41) is 3.56. The van der Waals surface area contributed by atoms with E-state index in [1.807, 2.05) is 20.0 Å². The van der Waals surface area contributed by atoms with Gasteiger partial charge in [-0.2, -0.15) is 0 Å². The Labute approximate surface area is 110 Å². The third-order valence-electron chi connectivity index (χ3n) is 3.53. The molecule has 2 heterocycles. The first-order valence-electron chi connectivity index (χ1n) is 6.88. The van der Waals surface area contributed by atoms with E-state index in [1.54, 1.807) is 0 Å². The van der Waals surface area contributed by atoms with Crippen molar-refractivity contribution in [2.24, 2.45) is 0 Å². The van der Waals surface area contributed by atoms with E-state index in [-0.39, 0.29) is 0 Å². The van der Waals surface area contributed by atoms with Crippen LogP contribution in [0.4, 0.5) is 5.82 Å². The van der Waals surface area contributed by atoms with Crippen LogP contribution in [0, 0.1) is 13.8 Å². The number of nitrogens with one attached hydrogen (secondary N) is 1. The highest BCUT2D eigenvalue weighted by molar-refractivity contribution is 5.44. The molecule has 1 atom stereocenters. The summed E-state index contributed by atoms with van der Waals surface area (Å²) >= 11 is 0. The highest BCUT2D eigenvalue weighted by Crippen LogP contribution is 2.20. The Kier molecular flexibility index (Phi) is 4.17. The molecule has 1 unspecified atom stereocenters. The topological polar surface area (TPSA) is 41.1 Å². The van der Waals surface area contributed by atoms with E-state index in [1.165, 1.54) is 12.8 Å². The minimum absolute atomic E-state index is 0.446. The standard InChI is InChI=1S/C14H24N4/c1-10(2)18(9-13-6-5-7-15-13)14-12(4)16-8-11(3)17-14/h8,10,13,15H,5-7,9H2,1-4H3. The molecule has 0 saturated carbocycles. The molecule has 4 nitrogen and oxygen atoms in total. The Morgan fingerprint density at radius 1 is 1.44 bits per heavy atom. The van der Waals surface area contributed by atoms with Gasteiger partial charge in [-0.05, 0) is 47.1 Å². The van der Waals surface area contributed by atoms with Crippen molar-refractivity contribution >= 4 is 5.82 Å². The molecule has 0 radical (unpaired) electrons. The molecule has 1 fully saturated rings. The zero-order chi connectivity index (χ0) is 13.1. The molecule has 0 bridgehead atoms. The van der Waals surface area contributed by atoms with Crippen LogP contribution in [0.5, 0.6) is 0 Å². The van der Waals surface area contributed by atoms with Gasteiger partial charge < -0.3 is 10.2 Å². The monoisotopic (exact) mass is 248 g/mol. The molecule has 0 spiro atoms. The van der Waals surface area contributed by atoms with E-state index in [2.05, 4.69) is 34.0 Å². The number of rotatable bonds is 4. The molecule has 1 saturated heterocycles. The number of aromatic nitrogens is 2. The number of hydrogen-bond donors (Lipinski definition) is 1. The lowest BCUT2D eigenvalue weighted by atomic mass is 10.2. The van der Waals surface area contributed by atoms with Gasteiger partial charge in [0.25, 0.3) is 0 Å². The van der Waals surface area contributed by atoms with Crippen LogP contribution >= 0.6 is 0 Å². The fraction of sp³-hybridized carbons (Fsp3) is 0.714. The third kappa shape index (κ3) is 2.99. The van der Waals surface area contributed by atoms with Crippen LogP contribution in [-0.4, -0.2) is 35.1 Å². The van der Waals surface area contributed by atoms with Gasteiger partial charge in [-0.1, -0.05) is 0 Å². The molecule has 2 rings (SSSR count). The second-order valence-corrected chi connectivity index (χ2v) is 5.46. The fourth-order valence-electron chi connectivity index (χ4n) is 2.49. The molecule has 0 aliphatic carbocycles. The fourth-order valence-corrected chi connectivity index (χ4v) is 2.49. The summed E-state index contributed by atoms with van der Waals surface area (Å²) in [6.45, 7) is 10.7. The van der Waals surface area contributed by atoms with Crippen molar-refractivity contribution in [3.05, 3.63) is 17.6 Å². The van der Waals surface area contributed by atoms with Gasteiger partial charge in [0.15, 0.2) is 5.82 Å². The van der Waals surface area contributed by atoms with Crippen molar-refractivity contribution in [1.29, 1.82) is 0 Å². The average Bonchev–Trinajstić information content (AvgIpc) is 2.82. The smallest absolute Gasteiger partial charge is 0.150 e. The molecule has 0 aromatic carbocycles. The summed E-state index contributed by atoms with van der Waals surface area (Å²) in [6.07, 6.45) is 4.39. The normalized spacial score (nSPS) is 19.5. The van der Waals surface area contributed by atoms with Gasteiger partial charge in [-0.3, -0.25) is 4.98 Å². The molecule has 1 aromatic rings. The van der Waals surface area contributed by atoms with Gasteiger partial charge in [0.1, 0.15) is 0 Å². The summed E-state index contributed by atoms with van der Waals surface area (Å²) in [4.78, 5) is 11.5. The van der Waals surface area contributed by atoms with E-state index < -0.39 is 0 Å². The zero-order valence-electron chi connectivity index (χ0n) is 11.9. The van der Waals surface area contributed by atoms with Gasteiger partial charge >= 0.3 is 0 Å². The van der Waals surface area contributed by atoms with E-state index in [4.69, 9.17) is 0 Å². The Morgan fingerprint density at radius 2 is 2.22 bits per heavy atom. The number of anilines is 1. The first-order chi connectivity index (χ1) is 8.58. The van der Waals surface area contributed by atoms with Crippen LogP contribution in [0.1, 0.15) is 38.1 Å². The maximum Gasteiger partial charge on any atom is 0.150 e. The predicted molar refractivity (Wildman–Crippen MR) is 75.0 cm³/mol. The van der Waals surface area contributed by atoms with Crippen LogP contribution in [0.2, 0.25) is 0 Å². The highest BCUT2D eigenvalue weighted by atomic mass is 15.2. The number of nitrogens with zero attached hydrogens (tertiary/aromatic N) is 3. The van der Waals surface area contributed by atoms with Crippen molar-refractivity contribution in [3.63, 3.8) is 0 Å². The zero-order valence-corrected chi connectivity index (χ0v) is 11.9. The second-order valence-electron chi connectivity index (χ2n) is 5.46. The molecule has 1 aliphatic rings. The Hall–Kier alpha value is -1.16. The molecule has 100 valence electrons. The quantitative estimate of drug-likeness (QED) is 0.885. The van der Waals surface area contributed by atoms with Gasteiger partial charge in [-0.25, -0.2) is 4.98 Å². The van der Waals surface area contributed by atoms with Crippen LogP contribution in [0.25, 0.3) is 0 Å². The lowest BCUT2D eigenvalue weighted by molar-refractivity contribution is 0.547. The van der Waals surface area contributed by atoms with E-state index in [0.717, 1.165) is 30.3 Å². The Balaban J connectivity index is 2.20. The molecule has 18 heavy (non-hydrogen) atoms. The van der Waals surface area contributed by atoms with Crippen molar-refractivity contribution in [1.82, 2.24) is 15.3 Å². The first kappa shape index (κ1) is 13.3. The van der Waals surface area contributed by atoms with E-state index in [9.17, 15) is 0 Å². The van der Waals surface area contributed by atoms with Crippen LogP contribution in [-0.2, 0) is 0 Å². The Bertz CT molecular complexity index is 397. The SMILES string of the molecule is Cc1cnc(C)c(N(CC2CCCN2)C(C)C)n1. The lowest BCUT2D eigenvalue weighted by Crippen LogP contribution is -2.42. The highest BCUT2D eigenvalue weighted by Gasteiger charge is 2.22. The van der Waals surface area contributed by atoms with Gasteiger partial charge in [0.2, 0.25) is 0 Å². The number of hydrogen-bond acceptors (Lipinski definition) is 4. The average molecular weight is 248 g/mol. The van der Waals surface area contributed by atoms with Gasteiger partial charge in [-0.15, -0.1) is 0 Å². The van der Waals surface area contributed by atoms with Crippen LogP contribution in [0.15, 0.2) is 6.20 Å². The van der Waals surface area contributed by atoms with Gasteiger partial charge in [0, 0.05) is 24.8 Å². The summed E-state index contributed by atoms with van der Waals surface area (Å²) < 4.78 is 0. The molecular weight excluding hydrogens is 224 g/mol. The van der Waals surface area contributed by atoms with Crippen LogP contribution in [0.3, 0.4) is 0 Å². The van der Waals surface area contributed by atoms with Crippen LogP contribution < -0.4 is 10.2 Å². The van der Waals surface area contributed by atoms with Crippen molar-refractivity contribution in [2.75, 3.05) is 18.0 Å². The molecule has 4 heteroatoms. The lowest BCUT2D eigenvalue weighted by Gasteiger charge is -2.31. The van der Waals surface area contributed by atoms with Crippen molar-refractivity contribution in [3.8, 4) is 0 Å². The maximum absolute atomic E-state index is 4.67. The minimum Gasteiger partial charge on any atom is -0.351 e. The first-order valence-corrected chi connectivity index (χ1v) is 6.88. The van der Waals surface area contributed by atoms with E-state index in [0.29, 0.717) is 12.1 Å². The van der Waals surface area contributed by atoms with Crippen molar-refractivity contribution in [2.45, 2.75) is 52.6 Å².